The predicted molar refractivity (Wildman–Crippen MR) is 91.5 cm³/mol. The van der Waals surface area contributed by atoms with Gasteiger partial charge in [0.2, 0.25) is 0 Å². The van der Waals surface area contributed by atoms with Crippen molar-refractivity contribution in [1.82, 2.24) is 10.5 Å². The molecule has 1 N–H and O–H groups in total. The lowest BCUT2D eigenvalue weighted by molar-refractivity contribution is 0.176. The molecular weight excluding hydrogens is 308 g/mol. The van der Waals surface area contributed by atoms with Crippen molar-refractivity contribution in [2.24, 2.45) is 0 Å². The van der Waals surface area contributed by atoms with Crippen LogP contribution in [0.2, 0.25) is 0 Å². The van der Waals surface area contributed by atoms with Crippen LogP contribution in [0.5, 0.6) is 11.5 Å². The minimum Gasteiger partial charge on any atom is -0.496 e. The maximum absolute atomic E-state index is 5.64. The van der Waals surface area contributed by atoms with E-state index in [1.807, 2.05) is 0 Å². The van der Waals surface area contributed by atoms with Crippen molar-refractivity contribution in [3.63, 3.8) is 0 Å². The molecule has 0 unspecified atom stereocenters. The van der Waals surface area contributed by atoms with Crippen molar-refractivity contribution >= 4 is 0 Å². The van der Waals surface area contributed by atoms with Crippen LogP contribution in [0.1, 0.15) is 33.5 Å². The quantitative estimate of drug-likeness (QED) is 0.800. The predicted octanol–water partition coefficient (Wildman–Crippen LogP) is 3.05. The fourth-order valence-corrected chi connectivity index (χ4v) is 2.95. The first-order valence-corrected chi connectivity index (χ1v) is 7.87. The van der Waals surface area contributed by atoms with E-state index in [1.54, 1.807) is 27.6 Å². The zero-order chi connectivity index (χ0) is 17.7. The SMILES string of the molecule is COCc1nocc1CNCc1c(C)c(OC)c(C)c(C)c1OC. The van der Waals surface area contributed by atoms with Crippen molar-refractivity contribution in [1.29, 1.82) is 0 Å². The summed E-state index contributed by atoms with van der Waals surface area (Å²) in [5.74, 6) is 1.82. The van der Waals surface area contributed by atoms with E-state index in [1.165, 1.54) is 0 Å². The van der Waals surface area contributed by atoms with Gasteiger partial charge in [-0.15, -0.1) is 0 Å². The Morgan fingerprint density at radius 2 is 1.62 bits per heavy atom. The second-order valence-corrected chi connectivity index (χ2v) is 5.74. The molecule has 0 radical (unpaired) electrons. The molecule has 6 heteroatoms. The van der Waals surface area contributed by atoms with Gasteiger partial charge in [0, 0.05) is 31.3 Å². The summed E-state index contributed by atoms with van der Waals surface area (Å²) in [6, 6.07) is 0. The molecular formula is C18H26N2O4. The number of hydrogen-bond donors (Lipinski definition) is 1. The summed E-state index contributed by atoms with van der Waals surface area (Å²) in [7, 11) is 5.04. The molecule has 0 fully saturated rings. The molecule has 1 aromatic heterocycles. The molecule has 0 bridgehead atoms. The van der Waals surface area contributed by atoms with Gasteiger partial charge in [0.05, 0.1) is 20.8 Å². The molecule has 1 aromatic carbocycles. The van der Waals surface area contributed by atoms with Crippen molar-refractivity contribution in [3.8, 4) is 11.5 Å². The highest BCUT2D eigenvalue weighted by molar-refractivity contribution is 5.57. The highest BCUT2D eigenvalue weighted by atomic mass is 16.5. The number of nitrogens with one attached hydrogen (secondary N) is 1. The van der Waals surface area contributed by atoms with Gasteiger partial charge in [-0.1, -0.05) is 5.16 Å². The monoisotopic (exact) mass is 334 g/mol. The first-order valence-electron chi connectivity index (χ1n) is 7.87. The Hall–Kier alpha value is -2.05. The molecule has 0 aliphatic heterocycles. The van der Waals surface area contributed by atoms with E-state index in [0.29, 0.717) is 19.7 Å². The minimum atomic E-state index is 0.438. The average Bonchev–Trinajstić information content (AvgIpc) is 3.00. The molecule has 1 heterocycles. The summed E-state index contributed by atoms with van der Waals surface area (Å²) in [5, 5.41) is 7.38. The van der Waals surface area contributed by atoms with E-state index in [-0.39, 0.29) is 0 Å². The van der Waals surface area contributed by atoms with Crippen LogP contribution in [0.15, 0.2) is 10.8 Å². The van der Waals surface area contributed by atoms with Crippen molar-refractivity contribution in [2.75, 3.05) is 21.3 Å². The Bertz CT molecular complexity index is 695. The van der Waals surface area contributed by atoms with E-state index in [2.05, 4.69) is 31.2 Å². The van der Waals surface area contributed by atoms with Gasteiger partial charge in [-0.25, -0.2) is 0 Å². The van der Waals surface area contributed by atoms with Crippen LogP contribution in [-0.2, 0) is 24.4 Å². The van der Waals surface area contributed by atoms with Crippen molar-refractivity contribution in [2.45, 2.75) is 40.5 Å². The van der Waals surface area contributed by atoms with Crippen LogP contribution >= 0.6 is 0 Å². The van der Waals surface area contributed by atoms with Gasteiger partial charge in [0.25, 0.3) is 0 Å². The Morgan fingerprint density at radius 3 is 2.25 bits per heavy atom. The highest BCUT2D eigenvalue weighted by Gasteiger charge is 2.18. The fraction of sp³-hybridized carbons (Fsp3) is 0.500. The van der Waals surface area contributed by atoms with Crippen LogP contribution < -0.4 is 14.8 Å². The van der Waals surface area contributed by atoms with Crippen LogP contribution in [0.25, 0.3) is 0 Å². The van der Waals surface area contributed by atoms with Crippen molar-refractivity contribution < 1.29 is 18.7 Å². The smallest absolute Gasteiger partial charge is 0.128 e. The molecule has 6 nitrogen and oxygen atoms in total. The lowest BCUT2D eigenvalue weighted by Gasteiger charge is -2.20. The Balaban J connectivity index is 2.20. The fourth-order valence-electron chi connectivity index (χ4n) is 2.95. The molecule has 132 valence electrons. The number of rotatable bonds is 8. The maximum atomic E-state index is 5.64. The van der Waals surface area contributed by atoms with Crippen LogP contribution in [0.4, 0.5) is 0 Å². The highest BCUT2D eigenvalue weighted by Crippen LogP contribution is 2.37. The standard InChI is InChI=1S/C18H26N2O4/c1-11-12(2)18(23-6)15(13(3)17(11)22-5)8-19-7-14-9-24-20-16(14)10-21-4/h9,19H,7-8,10H2,1-6H3. The van der Waals surface area contributed by atoms with E-state index in [9.17, 15) is 0 Å². The van der Waals surface area contributed by atoms with Crippen LogP contribution in [0, 0.1) is 20.8 Å². The second-order valence-electron chi connectivity index (χ2n) is 5.74. The summed E-state index contributed by atoms with van der Waals surface area (Å²) in [6.07, 6.45) is 1.65. The average molecular weight is 334 g/mol. The van der Waals surface area contributed by atoms with Gasteiger partial charge in [-0.3, -0.25) is 0 Å². The van der Waals surface area contributed by atoms with Gasteiger partial charge in [-0.05, 0) is 37.5 Å². The topological polar surface area (TPSA) is 65.8 Å². The number of aromatic nitrogens is 1. The molecule has 0 atom stereocenters. The van der Waals surface area contributed by atoms with Crippen LogP contribution in [-0.4, -0.2) is 26.5 Å². The largest absolute Gasteiger partial charge is 0.496 e. The Kier molecular flexibility index (Phi) is 6.23. The summed E-state index contributed by atoms with van der Waals surface area (Å²) in [4.78, 5) is 0. The maximum Gasteiger partial charge on any atom is 0.128 e. The zero-order valence-corrected chi connectivity index (χ0v) is 15.3. The molecule has 24 heavy (non-hydrogen) atoms. The first kappa shape index (κ1) is 18.3. The molecule has 0 saturated heterocycles. The van der Waals surface area contributed by atoms with Gasteiger partial charge < -0.3 is 24.1 Å². The van der Waals surface area contributed by atoms with Gasteiger partial charge in [0.15, 0.2) is 0 Å². The van der Waals surface area contributed by atoms with Gasteiger partial charge in [0.1, 0.15) is 23.5 Å². The molecule has 2 aromatic rings. The number of ether oxygens (including phenoxy) is 3. The van der Waals surface area contributed by atoms with E-state index >= 15 is 0 Å². The zero-order valence-electron chi connectivity index (χ0n) is 15.3. The van der Waals surface area contributed by atoms with E-state index < -0.39 is 0 Å². The summed E-state index contributed by atoms with van der Waals surface area (Å²) in [5.41, 5.74) is 6.20. The summed E-state index contributed by atoms with van der Waals surface area (Å²) in [6.45, 7) is 7.89. The first-order chi connectivity index (χ1) is 11.5. The number of benzene rings is 1. The lowest BCUT2D eigenvalue weighted by Crippen LogP contribution is -2.16. The molecule has 0 amide bonds. The third kappa shape index (κ3) is 3.55. The molecule has 0 spiro atoms. The second kappa shape index (κ2) is 8.17. The number of methoxy groups -OCH3 is 3. The molecule has 2 rings (SSSR count). The van der Waals surface area contributed by atoms with E-state index in [0.717, 1.165) is 45.0 Å². The van der Waals surface area contributed by atoms with Gasteiger partial charge >= 0.3 is 0 Å². The lowest BCUT2D eigenvalue weighted by atomic mass is 9.97. The van der Waals surface area contributed by atoms with Crippen molar-refractivity contribution in [3.05, 3.63) is 39.8 Å². The van der Waals surface area contributed by atoms with E-state index in [4.69, 9.17) is 18.7 Å². The van der Waals surface area contributed by atoms with Gasteiger partial charge in [-0.2, -0.15) is 0 Å². The third-order valence-electron chi connectivity index (χ3n) is 4.35. The van der Waals surface area contributed by atoms with Crippen LogP contribution in [0.3, 0.4) is 0 Å². The Morgan fingerprint density at radius 1 is 0.958 bits per heavy atom. The normalized spacial score (nSPS) is 10.9. The number of hydrogen-bond acceptors (Lipinski definition) is 6. The molecule has 0 aliphatic carbocycles. The third-order valence-corrected chi connectivity index (χ3v) is 4.35. The Labute approximate surface area is 143 Å². The molecule has 0 saturated carbocycles. The summed E-state index contributed by atoms with van der Waals surface area (Å²) >= 11 is 0. The molecule has 0 aliphatic rings. The minimum absolute atomic E-state index is 0.438. The number of nitrogens with zero attached hydrogens (tertiary/aromatic N) is 1. The summed E-state index contributed by atoms with van der Waals surface area (Å²) < 4.78 is 21.4.